The molecule has 0 bridgehead atoms. The molecule has 0 aromatic carbocycles. The maximum Gasteiger partial charge on any atom is 0.490 e. The first kappa shape index (κ1) is 22.2. The summed E-state index contributed by atoms with van der Waals surface area (Å²) in [5.41, 5.74) is 1.03. The summed E-state index contributed by atoms with van der Waals surface area (Å²) in [5.74, 6) is -2.43. The monoisotopic (exact) mass is 406 g/mol. The van der Waals surface area contributed by atoms with Crippen molar-refractivity contribution in [2.24, 2.45) is 5.41 Å². The van der Waals surface area contributed by atoms with Gasteiger partial charge in [-0.2, -0.15) is 13.2 Å². The molecule has 28 heavy (non-hydrogen) atoms. The Labute approximate surface area is 161 Å². The van der Waals surface area contributed by atoms with E-state index in [1.807, 2.05) is 11.0 Å². The summed E-state index contributed by atoms with van der Waals surface area (Å²) < 4.78 is 42.0. The summed E-state index contributed by atoms with van der Waals surface area (Å²) in [6.07, 6.45) is 1.53. The fourth-order valence-corrected chi connectivity index (χ4v) is 3.69. The largest absolute Gasteiger partial charge is 0.490 e. The molecule has 1 amide bonds. The van der Waals surface area contributed by atoms with Gasteiger partial charge < -0.3 is 19.2 Å². The third kappa shape index (κ3) is 5.71. The number of carboxylic acids is 1. The lowest BCUT2D eigenvalue weighted by atomic mass is 9.78. The van der Waals surface area contributed by atoms with Gasteiger partial charge in [0.1, 0.15) is 0 Å². The zero-order valence-electron chi connectivity index (χ0n) is 15.7. The second kappa shape index (κ2) is 9.42. The third-order valence-corrected chi connectivity index (χ3v) is 5.05. The van der Waals surface area contributed by atoms with E-state index in [1.165, 1.54) is 5.56 Å². The van der Waals surface area contributed by atoms with Gasteiger partial charge in [0.2, 0.25) is 5.91 Å². The van der Waals surface area contributed by atoms with E-state index in [0.717, 1.165) is 52.0 Å². The van der Waals surface area contributed by atoms with Crippen molar-refractivity contribution in [3.05, 3.63) is 24.2 Å². The van der Waals surface area contributed by atoms with Gasteiger partial charge in [0, 0.05) is 38.9 Å². The lowest BCUT2D eigenvalue weighted by Crippen LogP contribution is -2.47. The molecule has 1 aromatic heterocycles. The molecule has 3 heterocycles. The molecular weight excluding hydrogens is 381 g/mol. The Kier molecular flexibility index (Phi) is 7.48. The molecule has 1 N–H and O–H groups in total. The molecule has 158 valence electrons. The normalized spacial score (nSPS) is 23.0. The molecule has 1 unspecified atom stereocenters. The number of carboxylic acid groups (broad SMARTS) is 1. The van der Waals surface area contributed by atoms with Crippen LogP contribution in [0.4, 0.5) is 13.2 Å². The standard InChI is InChI=1S/C16H24N2O3.C2HF3O2/c1-20-10-8-18-7-5-16(15(18)19)4-2-6-17(13-16)11-14-3-9-21-12-14;3-2(4,5)1(6)7/h3,9,12H,2,4-8,10-11,13H2,1H3;(H,6,7). The first-order valence-electron chi connectivity index (χ1n) is 9.00. The average molecular weight is 406 g/mol. The average Bonchev–Trinajstić information content (AvgIpc) is 3.23. The molecule has 2 aliphatic rings. The number of amides is 1. The topological polar surface area (TPSA) is 83.2 Å². The Morgan fingerprint density at radius 3 is 2.64 bits per heavy atom. The highest BCUT2D eigenvalue weighted by atomic mass is 19.4. The van der Waals surface area contributed by atoms with Crippen LogP contribution in [-0.4, -0.2) is 72.9 Å². The van der Waals surface area contributed by atoms with Crippen LogP contribution < -0.4 is 0 Å². The van der Waals surface area contributed by atoms with Crippen molar-refractivity contribution in [1.82, 2.24) is 9.80 Å². The number of halogens is 3. The Hall–Kier alpha value is -2.07. The van der Waals surface area contributed by atoms with E-state index in [9.17, 15) is 18.0 Å². The number of hydrogen-bond acceptors (Lipinski definition) is 5. The summed E-state index contributed by atoms with van der Waals surface area (Å²) in [4.78, 5) is 26.0. The van der Waals surface area contributed by atoms with Gasteiger partial charge in [-0.3, -0.25) is 9.69 Å². The molecule has 7 nitrogen and oxygen atoms in total. The van der Waals surface area contributed by atoms with E-state index in [-0.39, 0.29) is 5.41 Å². The first-order valence-corrected chi connectivity index (χ1v) is 9.00. The highest BCUT2D eigenvalue weighted by Crippen LogP contribution is 2.40. The van der Waals surface area contributed by atoms with Crippen molar-refractivity contribution in [3.63, 3.8) is 0 Å². The molecule has 0 radical (unpaired) electrons. The van der Waals surface area contributed by atoms with Gasteiger partial charge in [-0.05, 0) is 31.9 Å². The number of piperidine rings is 1. The number of nitrogens with zero attached hydrogens (tertiary/aromatic N) is 2. The number of methoxy groups -OCH3 is 1. The number of ether oxygens (including phenoxy) is 1. The Balaban J connectivity index is 0.000000345. The van der Waals surface area contributed by atoms with Crippen LogP contribution in [0, 0.1) is 5.41 Å². The van der Waals surface area contributed by atoms with Crippen LogP contribution in [0.3, 0.4) is 0 Å². The number of carbonyl (C=O) groups is 2. The predicted octanol–water partition coefficient (Wildman–Crippen LogP) is 2.37. The van der Waals surface area contributed by atoms with Crippen LogP contribution in [0.1, 0.15) is 24.8 Å². The van der Waals surface area contributed by atoms with Crippen LogP contribution in [-0.2, 0) is 20.9 Å². The Morgan fingerprint density at radius 1 is 1.36 bits per heavy atom. The number of aliphatic carboxylic acids is 1. The molecule has 2 aliphatic heterocycles. The second-order valence-electron chi connectivity index (χ2n) is 7.06. The molecule has 3 rings (SSSR count). The molecule has 2 saturated heterocycles. The summed E-state index contributed by atoms with van der Waals surface area (Å²) in [6, 6.07) is 2.00. The van der Waals surface area contributed by atoms with Crippen molar-refractivity contribution in [2.75, 3.05) is 39.9 Å². The van der Waals surface area contributed by atoms with Crippen LogP contribution in [0.15, 0.2) is 23.0 Å². The van der Waals surface area contributed by atoms with E-state index in [2.05, 4.69) is 4.90 Å². The van der Waals surface area contributed by atoms with Crippen LogP contribution in [0.25, 0.3) is 0 Å². The van der Waals surface area contributed by atoms with Gasteiger partial charge >= 0.3 is 12.1 Å². The molecule has 0 saturated carbocycles. The Bertz CT molecular complexity index is 650. The minimum atomic E-state index is -5.08. The minimum absolute atomic E-state index is 0.157. The second-order valence-corrected chi connectivity index (χ2v) is 7.06. The van der Waals surface area contributed by atoms with E-state index >= 15 is 0 Å². The summed E-state index contributed by atoms with van der Waals surface area (Å²) in [7, 11) is 1.68. The van der Waals surface area contributed by atoms with Crippen molar-refractivity contribution >= 4 is 11.9 Å². The quantitative estimate of drug-likeness (QED) is 0.809. The number of alkyl halides is 3. The number of hydrogen-bond donors (Lipinski definition) is 1. The fraction of sp³-hybridized carbons (Fsp3) is 0.667. The third-order valence-electron chi connectivity index (χ3n) is 5.05. The van der Waals surface area contributed by atoms with Gasteiger partial charge in [-0.1, -0.05) is 0 Å². The molecule has 0 aliphatic carbocycles. The molecular formula is C18H25F3N2O5. The van der Waals surface area contributed by atoms with Gasteiger partial charge in [0.05, 0.1) is 24.5 Å². The van der Waals surface area contributed by atoms with Crippen molar-refractivity contribution < 1.29 is 37.0 Å². The van der Waals surface area contributed by atoms with Crippen molar-refractivity contribution in [1.29, 1.82) is 0 Å². The maximum atomic E-state index is 12.8. The molecule has 1 atom stereocenters. The zero-order chi connectivity index (χ0) is 20.8. The molecule has 1 aromatic rings. The highest BCUT2D eigenvalue weighted by Gasteiger charge is 2.48. The molecule has 1 spiro atoms. The number of furan rings is 1. The van der Waals surface area contributed by atoms with Gasteiger partial charge in [0.25, 0.3) is 0 Å². The summed E-state index contributed by atoms with van der Waals surface area (Å²) >= 11 is 0. The minimum Gasteiger partial charge on any atom is -0.475 e. The zero-order valence-corrected chi connectivity index (χ0v) is 15.7. The number of likely N-dealkylation sites (tertiary alicyclic amines) is 2. The van der Waals surface area contributed by atoms with Gasteiger partial charge in [-0.15, -0.1) is 0 Å². The lowest BCUT2D eigenvalue weighted by molar-refractivity contribution is -0.192. The smallest absolute Gasteiger partial charge is 0.475 e. The highest BCUT2D eigenvalue weighted by molar-refractivity contribution is 5.85. The number of rotatable bonds is 5. The summed E-state index contributed by atoms with van der Waals surface area (Å²) in [5, 5.41) is 7.12. The van der Waals surface area contributed by atoms with E-state index in [4.69, 9.17) is 19.1 Å². The van der Waals surface area contributed by atoms with Crippen LogP contribution in [0.5, 0.6) is 0 Å². The van der Waals surface area contributed by atoms with Crippen LogP contribution >= 0.6 is 0 Å². The first-order chi connectivity index (χ1) is 13.2. The lowest BCUT2D eigenvalue weighted by Gasteiger charge is -2.38. The summed E-state index contributed by atoms with van der Waals surface area (Å²) in [6.45, 7) is 5.05. The predicted molar refractivity (Wildman–Crippen MR) is 92.4 cm³/mol. The van der Waals surface area contributed by atoms with Crippen molar-refractivity contribution in [2.45, 2.75) is 32.0 Å². The number of carbonyl (C=O) groups excluding carboxylic acids is 1. The SMILES string of the molecule is COCCN1CCC2(CCCN(Cc3ccoc3)C2)C1=O.O=C(O)C(F)(F)F. The molecule has 2 fully saturated rings. The van der Waals surface area contributed by atoms with Crippen molar-refractivity contribution in [3.8, 4) is 0 Å². The van der Waals surface area contributed by atoms with E-state index < -0.39 is 12.1 Å². The molecule has 10 heteroatoms. The van der Waals surface area contributed by atoms with Gasteiger partial charge in [0.15, 0.2) is 0 Å². The van der Waals surface area contributed by atoms with Gasteiger partial charge in [-0.25, -0.2) is 4.79 Å². The van der Waals surface area contributed by atoms with E-state index in [1.54, 1.807) is 19.6 Å². The maximum absolute atomic E-state index is 12.8. The Morgan fingerprint density at radius 2 is 2.07 bits per heavy atom. The van der Waals surface area contributed by atoms with Crippen LogP contribution in [0.2, 0.25) is 0 Å². The fourth-order valence-electron chi connectivity index (χ4n) is 3.69. The van der Waals surface area contributed by atoms with E-state index in [0.29, 0.717) is 12.5 Å².